The number of anilines is 2. The van der Waals surface area contributed by atoms with E-state index in [1.54, 1.807) is 25.1 Å². The fourth-order valence-corrected chi connectivity index (χ4v) is 4.97. The van der Waals surface area contributed by atoms with Crippen molar-refractivity contribution in [3.05, 3.63) is 94.2 Å². The van der Waals surface area contributed by atoms with Gasteiger partial charge in [-0.2, -0.15) is 5.26 Å². The predicted octanol–water partition coefficient (Wildman–Crippen LogP) is 5.76. The summed E-state index contributed by atoms with van der Waals surface area (Å²) in [6, 6.07) is 17.6. The zero-order valence-corrected chi connectivity index (χ0v) is 20.5. The Hall–Kier alpha value is -3.91. The van der Waals surface area contributed by atoms with Gasteiger partial charge in [0.25, 0.3) is 11.8 Å². The van der Waals surface area contributed by atoms with E-state index in [9.17, 15) is 14.9 Å². The first-order valence-corrected chi connectivity index (χ1v) is 11.5. The van der Waals surface area contributed by atoms with Crippen LogP contribution >= 0.6 is 0 Å². The van der Waals surface area contributed by atoms with E-state index in [1.165, 1.54) is 5.56 Å². The highest BCUT2D eigenvalue weighted by molar-refractivity contribution is 6.31. The first kappa shape index (κ1) is 23.3. The molecule has 172 valence electrons. The highest BCUT2D eigenvalue weighted by Crippen LogP contribution is 2.46. The summed E-state index contributed by atoms with van der Waals surface area (Å²) in [6.07, 6.45) is 3.69. The van der Waals surface area contributed by atoms with Crippen LogP contribution in [0, 0.1) is 11.3 Å². The molecule has 0 N–H and O–H groups in total. The van der Waals surface area contributed by atoms with Crippen LogP contribution in [0.2, 0.25) is 0 Å². The van der Waals surface area contributed by atoms with Gasteiger partial charge in [-0.15, -0.1) is 0 Å². The molecule has 0 fully saturated rings. The van der Waals surface area contributed by atoms with Gasteiger partial charge in [0.05, 0.1) is 5.69 Å². The van der Waals surface area contributed by atoms with Crippen LogP contribution in [-0.2, 0) is 15.0 Å². The number of likely N-dealkylation sites (N-methyl/N-ethyl adjacent to an activating group) is 1. The fraction of sp³-hybridized carbons (Fsp3) is 0.276. The van der Waals surface area contributed by atoms with Crippen molar-refractivity contribution in [1.29, 1.82) is 5.26 Å². The van der Waals surface area contributed by atoms with Crippen molar-refractivity contribution >= 4 is 23.2 Å². The highest BCUT2D eigenvalue weighted by Gasteiger charge is 2.39. The van der Waals surface area contributed by atoms with E-state index in [1.807, 2.05) is 57.3 Å². The summed E-state index contributed by atoms with van der Waals surface area (Å²) in [5, 5.41) is 9.78. The third-order valence-corrected chi connectivity index (χ3v) is 6.89. The third kappa shape index (κ3) is 3.47. The molecule has 0 atom stereocenters. The molecule has 34 heavy (non-hydrogen) atoms. The van der Waals surface area contributed by atoms with Crippen molar-refractivity contribution in [2.45, 2.75) is 46.0 Å². The first-order chi connectivity index (χ1) is 16.1. The van der Waals surface area contributed by atoms with Crippen LogP contribution in [0.3, 0.4) is 0 Å². The van der Waals surface area contributed by atoms with E-state index in [-0.39, 0.29) is 16.9 Å². The SMILES string of the molecule is CC1=C(C#N)C(=O)N(c2ccccc2C(C)C)C(=O)C1=CC=C1N(C)c2ccccc2C1(C)C. The molecular formula is C29H29N3O2. The number of fused-ring (bicyclic) bond motifs is 1. The maximum absolute atomic E-state index is 13.7. The minimum absolute atomic E-state index is 0.00914. The molecule has 0 bridgehead atoms. The largest absolute Gasteiger partial charge is 0.347 e. The van der Waals surface area contributed by atoms with Crippen LogP contribution in [0.4, 0.5) is 11.4 Å². The van der Waals surface area contributed by atoms with Gasteiger partial charge in [0.2, 0.25) is 0 Å². The lowest BCUT2D eigenvalue weighted by molar-refractivity contribution is -0.123. The highest BCUT2D eigenvalue weighted by atomic mass is 16.2. The number of carbonyl (C=O) groups is 2. The molecule has 2 amide bonds. The first-order valence-electron chi connectivity index (χ1n) is 11.5. The van der Waals surface area contributed by atoms with Crippen LogP contribution in [0.1, 0.15) is 51.7 Å². The third-order valence-electron chi connectivity index (χ3n) is 6.89. The molecule has 5 nitrogen and oxygen atoms in total. The lowest BCUT2D eigenvalue weighted by Gasteiger charge is -2.30. The molecule has 0 saturated heterocycles. The Labute approximate surface area is 201 Å². The average molecular weight is 452 g/mol. The number of benzene rings is 2. The van der Waals surface area contributed by atoms with Crippen molar-refractivity contribution < 1.29 is 9.59 Å². The number of para-hydroxylation sites is 2. The molecule has 5 heteroatoms. The summed E-state index contributed by atoms with van der Waals surface area (Å²) < 4.78 is 0. The van der Waals surface area contributed by atoms with E-state index >= 15 is 0 Å². The second-order valence-corrected chi connectivity index (χ2v) is 9.60. The predicted molar refractivity (Wildman–Crippen MR) is 135 cm³/mol. The molecule has 0 aliphatic carbocycles. The van der Waals surface area contributed by atoms with E-state index < -0.39 is 11.8 Å². The van der Waals surface area contributed by atoms with Crippen LogP contribution in [0.25, 0.3) is 0 Å². The van der Waals surface area contributed by atoms with Gasteiger partial charge in [-0.3, -0.25) is 9.59 Å². The number of amides is 2. The van der Waals surface area contributed by atoms with Crippen molar-refractivity contribution in [1.82, 2.24) is 0 Å². The molecule has 2 aliphatic rings. The van der Waals surface area contributed by atoms with Crippen LogP contribution in [-0.4, -0.2) is 18.9 Å². The van der Waals surface area contributed by atoms with Gasteiger partial charge >= 0.3 is 0 Å². The Morgan fingerprint density at radius 1 is 0.941 bits per heavy atom. The smallest absolute Gasteiger partial charge is 0.276 e. The molecule has 0 unspecified atom stereocenters. The molecule has 0 radical (unpaired) electrons. The number of hydrogen-bond acceptors (Lipinski definition) is 4. The summed E-state index contributed by atoms with van der Waals surface area (Å²) in [5.74, 6) is -0.883. The van der Waals surface area contributed by atoms with Gasteiger partial charge < -0.3 is 4.90 Å². The second-order valence-electron chi connectivity index (χ2n) is 9.60. The van der Waals surface area contributed by atoms with Crippen molar-refractivity contribution in [2.24, 2.45) is 0 Å². The normalized spacial score (nSPS) is 19.9. The van der Waals surface area contributed by atoms with E-state index in [4.69, 9.17) is 0 Å². The molecule has 0 saturated carbocycles. The maximum Gasteiger partial charge on any atom is 0.276 e. The van der Waals surface area contributed by atoms with E-state index in [2.05, 4.69) is 30.9 Å². The van der Waals surface area contributed by atoms with Crippen LogP contribution in [0.5, 0.6) is 0 Å². The molecule has 2 aliphatic heterocycles. The van der Waals surface area contributed by atoms with Gasteiger partial charge in [0.15, 0.2) is 0 Å². The summed E-state index contributed by atoms with van der Waals surface area (Å²) in [6.45, 7) is 10.0. The summed E-state index contributed by atoms with van der Waals surface area (Å²) >= 11 is 0. The number of allylic oxidation sites excluding steroid dienone is 3. The Morgan fingerprint density at radius 2 is 1.56 bits per heavy atom. The monoisotopic (exact) mass is 451 g/mol. The lowest BCUT2D eigenvalue weighted by atomic mass is 9.83. The number of nitriles is 1. The van der Waals surface area contributed by atoms with Gasteiger partial charge in [-0.05, 0) is 53.8 Å². The molecule has 0 aromatic heterocycles. The standard InChI is InChI=1S/C29H29N3O2/c1-18(2)20-11-7-9-13-24(20)32-27(33)21(19(3)22(17-30)28(32)34)15-16-26-29(4,5)23-12-8-10-14-25(23)31(26)6/h7-16,18H,1-6H3. The molecule has 2 aromatic rings. The quantitative estimate of drug-likeness (QED) is 0.440. The molecule has 2 aromatic carbocycles. The maximum atomic E-state index is 13.7. The fourth-order valence-electron chi connectivity index (χ4n) is 4.97. The van der Waals surface area contributed by atoms with Crippen molar-refractivity contribution in [2.75, 3.05) is 16.8 Å². The molecular weight excluding hydrogens is 422 g/mol. The van der Waals surface area contributed by atoms with Crippen LogP contribution < -0.4 is 9.80 Å². The van der Waals surface area contributed by atoms with Gasteiger partial charge in [0.1, 0.15) is 11.6 Å². The number of rotatable bonds is 3. The summed E-state index contributed by atoms with van der Waals surface area (Å²) in [4.78, 5) is 30.2. The average Bonchev–Trinajstić information content (AvgIpc) is 3.00. The Balaban J connectivity index is 1.86. The van der Waals surface area contributed by atoms with Crippen molar-refractivity contribution in [3.63, 3.8) is 0 Å². The van der Waals surface area contributed by atoms with Gasteiger partial charge in [0, 0.05) is 29.4 Å². The zero-order chi connectivity index (χ0) is 24.8. The Kier molecular flexibility index (Phi) is 5.79. The number of imide groups is 1. The van der Waals surface area contributed by atoms with Crippen LogP contribution in [0.15, 0.2) is 83.1 Å². The minimum Gasteiger partial charge on any atom is -0.347 e. The Morgan fingerprint density at radius 3 is 2.18 bits per heavy atom. The second kappa shape index (κ2) is 8.46. The number of hydrogen-bond donors (Lipinski definition) is 0. The van der Waals surface area contributed by atoms with Gasteiger partial charge in [-0.25, -0.2) is 4.90 Å². The molecule has 2 heterocycles. The molecule has 4 rings (SSSR count). The van der Waals surface area contributed by atoms with E-state index in [0.29, 0.717) is 16.8 Å². The summed E-state index contributed by atoms with van der Waals surface area (Å²) in [7, 11) is 2.01. The van der Waals surface area contributed by atoms with Gasteiger partial charge in [-0.1, -0.05) is 64.1 Å². The van der Waals surface area contributed by atoms with Crippen molar-refractivity contribution in [3.8, 4) is 6.07 Å². The lowest BCUT2D eigenvalue weighted by Crippen LogP contribution is -2.43. The number of carbonyl (C=O) groups excluding carboxylic acids is 2. The Bertz CT molecular complexity index is 1340. The summed E-state index contributed by atoms with van der Waals surface area (Å²) in [5.41, 5.74) is 5.27. The molecule has 0 spiro atoms. The topological polar surface area (TPSA) is 64.4 Å². The minimum atomic E-state index is -0.575. The zero-order valence-electron chi connectivity index (χ0n) is 20.5. The number of nitrogens with zero attached hydrogens (tertiary/aromatic N) is 3. The van der Waals surface area contributed by atoms with E-state index in [0.717, 1.165) is 21.8 Å².